The molecule has 6 nitrogen and oxygen atoms in total. The van der Waals surface area contributed by atoms with Crippen molar-refractivity contribution in [1.82, 2.24) is 10.1 Å². The van der Waals surface area contributed by atoms with E-state index in [2.05, 4.69) is 10.1 Å². The molecule has 0 bridgehead atoms. The molecule has 7 heteroatoms. The van der Waals surface area contributed by atoms with Gasteiger partial charge < -0.3 is 20.1 Å². The lowest BCUT2D eigenvalue weighted by molar-refractivity contribution is 0.369. The second-order valence-electron chi connectivity index (χ2n) is 3.19. The summed E-state index contributed by atoms with van der Waals surface area (Å²) in [7, 11) is 1.36. The Bertz CT molecular complexity index is 542. The van der Waals surface area contributed by atoms with Crippen LogP contribution in [0.2, 0.25) is 0 Å². The summed E-state index contributed by atoms with van der Waals surface area (Å²) in [6.45, 7) is 0.0410. The van der Waals surface area contributed by atoms with Crippen LogP contribution in [0.3, 0.4) is 0 Å². The molecule has 0 fully saturated rings. The lowest BCUT2D eigenvalue weighted by atomic mass is 10.1. The number of rotatable bonds is 3. The molecule has 90 valence electrons. The molecule has 0 aliphatic rings. The molecule has 0 spiro atoms. The zero-order valence-corrected chi connectivity index (χ0v) is 8.98. The zero-order chi connectivity index (χ0) is 12.4. The molecule has 0 amide bonds. The summed E-state index contributed by atoms with van der Waals surface area (Å²) in [4.78, 5) is 3.84. The summed E-state index contributed by atoms with van der Waals surface area (Å²) in [6, 6.07) is 2.45. The van der Waals surface area contributed by atoms with Crippen LogP contribution in [0.1, 0.15) is 5.89 Å². The van der Waals surface area contributed by atoms with E-state index in [4.69, 9.17) is 15.0 Å². The normalized spacial score (nSPS) is 10.5. The lowest BCUT2D eigenvalue weighted by Gasteiger charge is -2.06. The molecule has 0 saturated heterocycles. The summed E-state index contributed by atoms with van der Waals surface area (Å²) in [5.74, 6) is -0.842. The van der Waals surface area contributed by atoms with Crippen molar-refractivity contribution >= 4 is 0 Å². The van der Waals surface area contributed by atoms with Gasteiger partial charge in [-0.15, -0.1) is 0 Å². The van der Waals surface area contributed by atoms with Gasteiger partial charge in [-0.25, -0.2) is 4.39 Å². The van der Waals surface area contributed by atoms with E-state index >= 15 is 0 Å². The Morgan fingerprint density at radius 3 is 2.88 bits per heavy atom. The standard InChI is InChI=1S/C10H10FN3O3/c1-16-6-3-2-5(11)8(9(6)15)10-13-7(4-12)17-14-10/h2-3,15H,4,12H2,1H3. The number of phenols is 1. The van der Waals surface area contributed by atoms with E-state index in [1.54, 1.807) is 0 Å². The highest BCUT2D eigenvalue weighted by atomic mass is 19.1. The van der Waals surface area contributed by atoms with E-state index < -0.39 is 5.82 Å². The number of hydrogen-bond acceptors (Lipinski definition) is 6. The number of phenolic OH excluding ortho intramolecular Hbond substituents is 1. The summed E-state index contributed by atoms with van der Waals surface area (Å²) in [5, 5.41) is 13.3. The highest BCUT2D eigenvalue weighted by Crippen LogP contribution is 2.37. The maximum Gasteiger partial charge on any atom is 0.240 e. The minimum absolute atomic E-state index is 0.0410. The first-order valence-corrected chi connectivity index (χ1v) is 4.75. The van der Waals surface area contributed by atoms with E-state index in [0.29, 0.717) is 0 Å². The molecule has 0 aliphatic carbocycles. The van der Waals surface area contributed by atoms with Crippen molar-refractivity contribution in [3.8, 4) is 22.9 Å². The van der Waals surface area contributed by atoms with E-state index in [-0.39, 0.29) is 35.3 Å². The molecule has 17 heavy (non-hydrogen) atoms. The van der Waals surface area contributed by atoms with Crippen molar-refractivity contribution in [2.75, 3.05) is 7.11 Å². The van der Waals surface area contributed by atoms with Gasteiger partial charge in [-0.1, -0.05) is 5.16 Å². The van der Waals surface area contributed by atoms with Gasteiger partial charge in [0.1, 0.15) is 11.4 Å². The molecule has 0 saturated carbocycles. The van der Waals surface area contributed by atoms with Gasteiger partial charge in [0.25, 0.3) is 0 Å². The van der Waals surface area contributed by atoms with Crippen LogP contribution in [0.5, 0.6) is 11.5 Å². The SMILES string of the molecule is COc1ccc(F)c(-c2noc(CN)n2)c1O. The number of aromatic nitrogens is 2. The first kappa shape index (κ1) is 11.3. The second kappa shape index (κ2) is 4.38. The van der Waals surface area contributed by atoms with Crippen LogP contribution in [-0.2, 0) is 6.54 Å². The van der Waals surface area contributed by atoms with Crippen LogP contribution in [-0.4, -0.2) is 22.4 Å². The van der Waals surface area contributed by atoms with Gasteiger partial charge in [-0.2, -0.15) is 4.98 Å². The van der Waals surface area contributed by atoms with E-state index in [9.17, 15) is 9.50 Å². The molecular formula is C10H10FN3O3. The number of ether oxygens (including phenoxy) is 1. The Morgan fingerprint density at radius 1 is 1.53 bits per heavy atom. The van der Waals surface area contributed by atoms with Gasteiger partial charge in [0.2, 0.25) is 11.7 Å². The quantitative estimate of drug-likeness (QED) is 0.831. The molecule has 2 aromatic rings. The number of hydrogen-bond donors (Lipinski definition) is 2. The number of benzene rings is 1. The Kier molecular flexibility index (Phi) is 2.92. The molecule has 0 aliphatic heterocycles. The topological polar surface area (TPSA) is 94.4 Å². The predicted molar refractivity (Wildman–Crippen MR) is 55.8 cm³/mol. The fourth-order valence-corrected chi connectivity index (χ4v) is 1.36. The van der Waals surface area contributed by atoms with Crippen molar-refractivity contribution in [2.24, 2.45) is 5.73 Å². The van der Waals surface area contributed by atoms with Gasteiger partial charge in [0.05, 0.1) is 13.7 Å². The van der Waals surface area contributed by atoms with E-state index in [1.807, 2.05) is 0 Å². The number of methoxy groups -OCH3 is 1. The van der Waals surface area contributed by atoms with E-state index in [1.165, 1.54) is 13.2 Å². The summed E-state index contributed by atoms with van der Waals surface area (Å²) in [5.41, 5.74) is 5.12. The summed E-state index contributed by atoms with van der Waals surface area (Å²) < 4.78 is 23.2. The monoisotopic (exact) mass is 239 g/mol. The molecule has 0 atom stereocenters. The summed E-state index contributed by atoms with van der Waals surface area (Å²) in [6.07, 6.45) is 0. The Balaban J connectivity index is 2.57. The van der Waals surface area contributed by atoms with Crippen molar-refractivity contribution < 1.29 is 18.8 Å². The molecule has 1 heterocycles. The average molecular weight is 239 g/mol. The van der Waals surface area contributed by atoms with Crippen LogP contribution in [0.4, 0.5) is 4.39 Å². The highest BCUT2D eigenvalue weighted by molar-refractivity contribution is 5.68. The van der Waals surface area contributed by atoms with Crippen LogP contribution in [0.25, 0.3) is 11.4 Å². The number of nitrogens with two attached hydrogens (primary N) is 1. The van der Waals surface area contributed by atoms with Gasteiger partial charge in [-0.05, 0) is 12.1 Å². The Hall–Kier alpha value is -2.15. The third-order valence-electron chi connectivity index (χ3n) is 2.18. The van der Waals surface area contributed by atoms with Crippen LogP contribution in [0.15, 0.2) is 16.7 Å². The van der Waals surface area contributed by atoms with Gasteiger partial charge >= 0.3 is 0 Å². The molecular weight excluding hydrogens is 229 g/mol. The maximum absolute atomic E-state index is 13.6. The smallest absolute Gasteiger partial charge is 0.240 e. The van der Waals surface area contributed by atoms with Gasteiger partial charge in [0, 0.05) is 0 Å². The average Bonchev–Trinajstić information content (AvgIpc) is 2.78. The van der Waals surface area contributed by atoms with E-state index in [0.717, 1.165) is 6.07 Å². The van der Waals surface area contributed by atoms with Crippen LogP contribution >= 0.6 is 0 Å². The predicted octanol–water partition coefficient (Wildman–Crippen LogP) is 1.05. The first-order chi connectivity index (χ1) is 8.17. The van der Waals surface area contributed by atoms with Crippen LogP contribution < -0.4 is 10.5 Å². The number of aromatic hydroxyl groups is 1. The van der Waals surface area contributed by atoms with Crippen molar-refractivity contribution in [1.29, 1.82) is 0 Å². The minimum atomic E-state index is -0.673. The lowest BCUT2D eigenvalue weighted by Crippen LogP contribution is -1.96. The number of halogens is 1. The van der Waals surface area contributed by atoms with Crippen LogP contribution in [0, 0.1) is 5.82 Å². The summed E-state index contributed by atoms with van der Waals surface area (Å²) >= 11 is 0. The van der Waals surface area contributed by atoms with Gasteiger partial charge in [-0.3, -0.25) is 0 Å². The Labute approximate surface area is 95.8 Å². The third-order valence-corrected chi connectivity index (χ3v) is 2.18. The van der Waals surface area contributed by atoms with Gasteiger partial charge in [0.15, 0.2) is 11.5 Å². The molecule has 1 aromatic carbocycles. The van der Waals surface area contributed by atoms with Crippen molar-refractivity contribution in [2.45, 2.75) is 6.54 Å². The third kappa shape index (κ3) is 1.92. The van der Waals surface area contributed by atoms with Crippen molar-refractivity contribution in [3.63, 3.8) is 0 Å². The molecule has 1 aromatic heterocycles. The molecule has 2 rings (SSSR count). The molecule has 0 radical (unpaired) electrons. The fourth-order valence-electron chi connectivity index (χ4n) is 1.36. The number of nitrogens with zero attached hydrogens (tertiary/aromatic N) is 2. The first-order valence-electron chi connectivity index (χ1n) is 4.75. The fraction of sp³-hybridized carbons (Fsp3) is 0.200. The van der Waals surface area contributed by atoms with Crippen molar-refractivity contribution in [3.05, 3.63) is 23.8 Å². The molecule has 0 unspecified atom stereocenters. The second-order valence-corrected chi connectivity index (χ2v) is 3.19. The Morgan fingerprint density at radius 2 is 2.29 bits per heavy atom. The zero-order valence-electron chi connectivity index (χ0n) is 8.98. The highest BCUT2D eigenvalue weighted by Gasteiger charge is 2.20. The maximum atomic E-state index is 13.6. The minimum Gasteiger partial charge on any atom is -0.504 e. The largest absolute Gasteiger partial charge is 0.504 e. The molecule has 3 N–H and O–H groups in total.